The number of hydrogen-bond acceptors (Lipinski definition) is 4. The van der Waals surface area contributed by atoms with E-state index in [0.717, 1.165) is 0 Å². The van der Waals surface area contributed by atoms with Crippen LogP contribution in [0.25, 0.3) is 0 Å². The van der Waals surface area contributed by atoms with Crippen molar-refractivity contribution in [3.05, 3.63) is 28.3 Å². The summed E-state index contributed by atoms with van der Waals surface area (Å²) in [4.78, 5) is 21.4. The number of nitrogens with zero attached hydrogens (tertiary/aromatic N) is 1. The van der Waals surface area contributed by atoms with Gasteiger partial charge in [-0.3, -0.25) is 10.1 Å². The predicted molar refractivity (Wildman–Crippen MR) is 62.3 cm³/mol. The number of non-ortho nitro benzene ring substituents is 1. The van der Waals surface area contributed by atoms with E-state index in [0.29, 0.717) is 12.3 Å². The number of methoxy groups -OCH3 is 1. The Bertz CT molecular complexity index is 434. The van der Waals surface area contributed by atoms with E-state index < -0.39 is 11.0 Å². The smallest absolute Gasteiger partial charge is 0.319 e. The number of benzene rings is 1. The van der Waals surface area contributed by atoms with Gasteiger partial charge in [0, 0.05) is 18.7 Å². The van der Waals surface area contributed by atoms with Crippen LogP contribution in [0.5, 0.6) is 5.75 Å². The highest BCUT2D eigenvalue weighted by molar-refractivity contribution is 5.91. The molecule has 0 saturated carbocycles. The van der Waals surface area contributed by atoms with Crippen LogP contribution in [-0.2, 0) is 0 Å². The van der Waals surface area contributed by atoms with E-state index in [-0.39, 0.29) is 11.4 Å². The molecular weight excluding hydrogens is 226 g/mol. The first-order valence-electron chi connectivity index (χ1n) is 4.95. The number of rotatable bonds is 4. The molecule has 0 aliphatic heterocycles. The molecule has 0 aliphatic rings. The van der Waals surface area contributed by atoms with Crippen molar-refractivity contribution in [1.29, 1.82) is 0 Å². The fourth-order valence-electron chi connectivity index (χ4n) is 1.23. The molecule has 0 spiro atoms. The fraction of sp³-hybridized carbons (Fsp3) is 0.300. The van der Waals surface area contributed by atoms with Crippen molar-refractivity contribution in [2.24, 2.45) is 0 Å². The second-order valence-corrected chi connectivity index (χ2v) is 3.13. The van der Waals surface area contributed by atoms with Gasteiger partial charge in [-0.05, 0) is 13.0 Å². The van der Waals surface area contributed by atoms with Crippen molar-refractivity contribution in [3.8, 4) is 5.75 Å². The van der Waals surface area contributed by atoms with Gasteiger partial charge in [0.1, 0.15) is 5.75 Å². The normalized spacial score (nSPS) is 9.53. The molecule has 0 atom stereocenters. The molecule has 0 heterocycles. The molecule has 0 bridgehead atoms. The second-order valence-electron chi connectivity index (χ2n) is 3.13. The largest absolute Gasteiger partial charge is 0.495 e. The summed E-state index contributed by atoms with van der Waals surface area (Å²) in [6.07, 6.45) is 0. The Balaban J connectivity index is 2.97. The summed E-state index contributed by atoms with van der Waals surface area (Å²) in [5.74, 6) is 0.363. The first-order valence-corrected chi connectivity index (χ1v) is 4.95. The predicted octanol–water partition coefficient (Wildman–Crippen LogP) is 1.74. The molecule has 17 heavy (non-hydrogen) atoms. The lowest BCUT2D eigenvalue weighted by Crippen LogP contribution is -2.28. The Labute approximate surface area is 97.9 Å². The van der Waals surface area contributed by atoms with Gasteiger partial charge in [-0.15, -0.1) is 0 Å². The maximum atomic E-state index is 11.3. The Hall–Kier alpha value is -2.31. The summed E-state index contributed by atoms with van der Waals surface area (Å²) in [5.41, 5.74) is 0.144. The number of nitro groups is 1. The van der Waals surface area contributed by atoms with E-state index >= 15 is 0 Å². The zero-order chi connectivity index (χ0) is 12.8. The summed E-state index contributed by atoms with van der Waals surface area (Å²) in [5, 5.41) is 15.6. The van der Waals surface area contributed by atoms with Crippen molar-refractivity contribution in [1.82, 2.24) is 5.32 Å². The van der Waals surface area contributed by atoms with E-state index in [1.807, 2.05) is 0 Å². The first-order chi connectivity index (χ1) is 8.08. The lowest BCUT2D eigenvalue weighted by Gasteiger charge is -2.09. The minimum absolute atomic E-state index is 0.113. The summed E-state index contributed by atoms with van der Waals surface area (Å²) >= 11 is 0. The van der Waals surface area contributed by atoms with E-state index in [1.54, 1.807) is 6.92 Å². The SMILES string of the molecule is CCNC(=O)Nc1cc([N+](=O)[O-])ccc1OC. The van der Waals surface area contributed by atoms with E-state index in [4.69, 9.17) is 4.74 Å². The Morgan fingerprint density at radius 2 is 2.24 bits per heavy atom. The van der Waals surface area contributed by atoms with Crippen LogP contribution < -0.4 is 15.4 Å². The van der Waals surface area contributed by atoms with Gasteiger partial charge in [0.2, 0.25) is 0 Å². The number of urea groups is 1. The molecule has 2 N–H and O–H groups in total. The molecule has 0 radical (unpaired) electrons. The molecule has 0 saturated heterocycles. The van der Waals surface area contributed by atoms with Crippen LogP contribution >= 0.6 is 0 Å². The van der Waals surface area contributed by atoms with Gasteiger partial charge in [-0.2, -0.15) is 0 Å². The number of amides is 2. The van der Waals surface area contributed by atoms with Crippen molar-refractivity contribution < 1.29 is 14.5 Å². The third-order valence-corrected chi connectivity index (χ3v) is 1.98. The van der Waals surface area contributed by atoms with Crippen molar-refractivity contribution >= 4 is 17.4 Å². The van der Waals surface area contributed by atoms with Crippen molar-refractivity contribution in [3.63, 3.8) is 0 Å². The van der Waals surface area contributed by atoms with Gasteiger partial charge in [0.05, 0.1) is 17.7 Å². The molecule has 7 nitrogen and oxygen atoms in total. The lowest BCUT2D eigenvalue weighted by molar-refractivity contribution is -0.384. The number of hydrogen-bond donors (Lipinski definition) is 2. The van der Waals surface area contributed by atoms with Crippen LogP contribution in [0.1, 0.15) is 6.92 Å². The molecule has 0 aromatic heterocycles. The Morgan fingerprint density at radius 3 is 2.76 bits per heavy atom. The molecule has 1 aromatic rings. The average Bonchev–Trinajstić information content (AvgIpc) is 2.29. The summed E-state index contributed by atoms with van der Waals surface area (Å²) in [6.45, 7) is 2.23. The number of carbonyl (C=O) groups excluding carboxylic acids is 1. The van der Waals surface area contributed by atoms with E-state index in [2.05, 4.69) is 10.6 Å². The van der Waals surface area contributed by atoms with Gasteiger partial charge in [-0.25, -0.2) is 4.79 Å². The second kappa shape index (κ2) is 5.69. The summed E-state index contributed by atoms with van der Waals surface area (Å²) in [6, 6.07) is 3.54. The zero-order valence-electron chi connectivity index (χ0n) is 9.52. The van der Waals surface area contributed by atoms with Crippen LogP contribution in [0.4, 0.5) is 16.2 Å². The number of nitrogens with one attached hydrogen (secondary N) is 2. The molecule has 0 fully saturated rings. The summed E-state index contributed by atoms with van der Waals surface area (Å²) < 4.78 is 4.99. The molecule has 1 rings (SSSR count). The minimum atomic E-state index is -0.539. The lowest BCUT2D eigenvalue weighted by atomic mass is 10.2. The average molecular weight is 239 g/mol. The van der Waals surface area contributed by atoms with E-state index in [9.17, 15) is 14.9 Å². The van der Waals surface area contributed by atoms with Crippen molar-refractivity contribution in [2.75, 3.05) is 19.0 Å². The molecule has 0 unspecified atom stereocenters. The molecule has 92 valence electrons. The van der Waals surface area contributed by atoms with Crippen LogP contribution in [0.2, 0.25) is 0 Å². The first kappa shape index (κ1) is 12.8. The number of carbonyl (C=O) groups is 1. The van der Waals surface area contributed by atoms with Crippen LogP contribution in [-0.4, -0.2) is 24.6 Å². The maximum Gasteiger partial charge on any atom is 0.319 e. The number of ether oxygens (including phenoxy) is 1. The van der Waals surface area contributed by atoms with Crippen molar-refractivity contribution in [2.45, 2.75) is 6.92 Å². The third-order valence-electron chi connectivity index (χ3n) is 1.98. The molecule has 1 aromatic carbocycles. The maximum absolute atomic E-state index is 11.3. The van der Waals surface area contributed by atoms with Gasteiger partial charge < -0.3 is 15.4 Å². The van der Waals surface area contributed by atoms with E-state index in [1.165, 1.54) is 25.3 Å². The number of anilines is 1. The third kappa shape index (κ3) is 3.33. The highest BCUT2D eigenvalue weighted by atomic mass is 16.6. The highest BCUT2D eigenvalue weighted by Crippen LogP contribution is 2.28. The van der Waals surface area contributed by atoms with Gasteiger partial charge in [-0.1, -0.05) is 0 Å². The fourth-order valence-corrected chi connectivity index (χ4v) is 1.23. The molecule has 2 amide bonds. The highest BCUT2D eigenvalue weighted by Gasteiger charge is 2.12. The minimum Gasteiger partial charge on any atom is -0.495 e. The molecule has 7 heteroatoms. The van der Waals surface area contributed by atoms with Crippen LogP contribution in [0, 0.1) is 10.1 Å². The standard InChI is InChI=1S/C10H13N3O4/c1-3-11-10(14)12-8-6-7(13(15)16)4-5-9(8)17-2/h4-6H,3H2,1-2H3,(H2,11,12,14). The quantitative estimate of drug-likeness (QED) is 0.618. The summed E-state index contributed by atoms with van der Waals surface area (Å²) in [7, 11) is 1.42. The van der Waals surface area contributed by atoms with Gasteiger partial charge in [0.15, 0.2) is 0 Å². The molecule has 0 aliphatic carbocycles. The van der Waals surface area contributed by atoms with Gasteiger partial charge in [0.25, 0.3) is 5.69 Å². The molecular formula is C10H13N3O4. The topological polar surface area (TPSA) is 93.5 Å². The van der Waals surface area contributed by atoms with Gasteiger partial charge >= 0.3 is 6.03 Å². The number of nitro benzene ring substituents is 1. The van der Waals surface area contributed by atoms with Crippen LogP contribution in [0.3, 0.4) is 0 Å². The Morgan fingerprint density at radius 1 is 1.53 bits per heavy atom. The monoisotopic (exact) mass is 239 g/mol. The zero-order valence-corrected chi connectivity index (χ0v) is 9.52. The van der Waals surface area contributed by atoms with Crippen LogP contribution in [0.15, 0.2) is 18.2 Å². The Kier molecular flexibility index (Phi) is 4.27.